The second kappa shape index (κ2) is 4.30. The summed E-state index contributed by atoms with van der Waals surface area (Å²) in [5.41, 5.74) is 0.0274. The first-order chi connectivity index (χ1) is 9.41. The van der Waals surface area contributed by atoms with Crippen molar-refractivity contribution in [3.8, 4) is 11.5 Å². The lowest BCUT2D eigenvalue weighted by Crippen LogP contribution is -2.02. The molecular formula is C14H8Cl2O4. The zero-order chi connectivity index (χ0) is 14.6. The van der Waals surface area contributed by atoms with Gasteiger partial charge >= 0.3 is 5.63 Å². The number of aromatic hydroxyl groups is 2. The van der Waals surface area contributed by atoms with E-state index in [0.29, 0.717) is 16.3 Å². The maximum Gasteiger partial charge on any atom is 0.345 e. The van der Waals surface area contributed by atoms with Gasteiger partial charge in [-0.05, 0) is 30.7 Å². The molecule has 0 aliphatic carbocycles. The first kappa shape index (κ1) is 13.1. The zero-order valence-corrected chi connectivity index (χ0v) is 11.7. The van der Waals surface area contributed by atoms with E-state index < -0.39 is 5.63 Å². The van der Waals surface area contributed by atoms with E-state index in [1.54, 1.807) is 13.0 Å². The zero-order valence-electron chi connectivity index (χ0n) is 10.2. The van der Waals surface area contributed by atoms with Crippen LogP contribution in [0.1, 0.15) is 5.56 Å². The maximum absolute atomic E-state index is 12.1. The third-order valence-electron chi connectivity index (χ3n) is 3.19. The number of hydrogen-bond acceptors (Lipinski definition) is 4. The summed E-state index contributed by atoms with van der Waals surface area (Å²) in [6, 6.07) is 4.46. The molecule has 0 spiro atoms. The highest BCUT2D eigenvalue weighted by molar-refractivity contribution is 6.39. The van der Waals surface area contributed by atoms with E-state index in [0.717, 1.165) is 0 Å². The molecule has 20 heavy (non-hydrogen) atoms. The Labute approximate surface area is 122 Å². The van der Waals surface area contributed by atoms with E-state index in [4.69, 9.17) is 27.6 Å². The van der Waals surface area contributed by atoms with Crippen LogP contribution < -0.4 is 5.63 Å². The lowest BCUT2D eigenvalue weighted by molar-refractivity contribution is 0.472. The molecule has 0 bridgehead atoms. The largest absolute Gasteiger partial charge is 0.506 e. The van der Waals surface area contributed by atoms with E-state index in [9.17, 15) is 15.0 Å². The van der Waals surface area contributed by atoms with Crippen LogP contribution in [0.5, 0.6) is 11.5 Å². The summed E-state index contributed by atoms with van der Waals surface area (Å²) in [5.74, 6) is -0.364. The minimum Gasteiger partial charge on any atom is -0.506 e. The van der Waals surface area contributed by atoms with Gasteiger partial charge in [0.15, 0.2) is 5.58 Å². The van der Waals surface area contributed by atoms with Gasteiger partial charge in [-0.15, -0.1) is 0 Å². The molecule has 0 radical (unpaired) electrons. The third-order valence-corrected chi connectivity index (χ3v) is 3.93. The molecule has 4 nitrogen and oxygen atoms in total. The van der Waals surface area contributed by atoms with Gasteiger partial charge in [0.1, 0.15) is 16.5 Å². The van der Waals surface area contributed by atoms with Gasteiger partial charge in [0.05, 0.1) is 10.4 Å². The molecule has 102 valence electrons. The van der Waals surface area contributed by atoms with Crippen LogP contribution in [-0.4, -0.2) is 10.2 Å². The minimum absolute atomic E-state index is 0.0369. The smallest absolute Gasteiger partial charge is 0.345 e. The van der Waals surface area contributed by atoms with Crippen molar-refractivity contribution in [2.45, 2.75) is 6.92 Å². The number of hydrogen-bond donors (Lipinski definition) is 2. The molecule has 1 aromatic heterocycles. The lowest BCUT2D eigenvalue weighted by Gasteiger charge is -2.09. The van der Waals surface area contributed by atoms with Crippen LogP contribution >= 0.6 is 23.2 Å². The fraction of sp³-hybridized carbons (Fsp3) is 0.0714. The molecular weight excluding hydrogens is 303 g/mol. The van der Waals surface area contributed by atoms with E-state index in [2.05, 4.69) is 0 Å². The van der Waals surface area contributed by atoms with Crippen LogP contribution in [0.4, 0.5) is 0 Å². The highest BCUT2D eigenvalue weighted by atomic mass is 35.5. The number of rotatable bonds is 0. The van der Waals surface area contributed by atoms with Crippen LogP contribution in [-0.2, 0) is 0 Å². The summed E-state index contributed by atoms with van der Waals surface area (Å²) in [4.78, 5) is 12.1. The molecule has 0 atom stereocenters. The molecule has 0 amide bonds. The Morgan fingerprint density at radius 2 is 1.75 bits per heavy atom. The van der Waals surface area contributed by atoms with Crippen molar-refractivity contribution in [1.29, 1.82) is 0 Å². The van der Waals surface area contributed by atoms with E-state index in [-0.39, 0.29) is 32.5 Å². The second-order valence-electron chi connectivity index (χ2n) is 4.44. The molecule has 1 heterocycles. The Hall–Kier alpha value is -1.91. The molecule has 0 aliphatic heterocycles. The standard InChI is InChI=1S/C14H8Cl2O4/c1-5-4-8(18)11(15)10-9(5)6-2-3-7(17)12(16)13(6)20-14(10)19/h2-4,17-18H,1H3. The van der Waals surface area contributed by atoms with Gasteiger partial charge in [-0.2, -0.15) is 0 Å². The Balaban J connectivity index is 2.72. The Morgan fingerprint density at radius 3 is 2.45 bits per heavy atom. The highest BCUT2D eigenvalue weighted by Gasteiger charge is 2.18. The molecule has 2 aromatic carbocycles. The minimum atomic E-state index is -0.719. The number of benzene rings is 2. The first-order valence-electron chi connectivity index (χ1n) is 5.68. The van der Waals surface area contributed by atoms with Crippen molar-refractivity contribution in [2.75, 3.05) is 0 Å². The molecule has 3 rings (SSSR count). The predicted molar refractivity (Wildman–Crippen MR) is 78.1 cm³/mol. The summed E-state index contributed by atoms with van der Waals surface area (Å²) >= 11 is 11.9. The number of halogens is 2. The molecule has 6 heteroatoms. The van der Waals surface area contributed by atoms with Gasteiger partial charge in [0.2, 0.25) is 0 Å². The highest BCUT2D eigenvalue weighted by Crippen LogP contribution is 2.39. The molecule has 0 fully saturated rings. The average Bonchev–Trinajstić information content (AvgIpc) is 2.40. The topological polar surface area (TPSA) is 70.7 Å². The Morgan fingerprint density at radius 1 is 1.05 bits per heavy atom. The molecule has 0 aliphatic rings. The van der Waals surface area contributed by atoms with E-state index in [1.165, 1.54) is 12.1 Å². The van der Waals surface area contributed by atoms with Crippen LogP contribution in [0.15, 0.2) is 27.4 Å². The van der Waals surface area contributed by atoms with Gasteiger partial charge in [-0.25, -0.2) is 4.79 Å². The molecule has 0 saturated carbocycles. The van der Waals surface area contributed by atoms with E-state index in [1.807, 2.05) is 0 Å². The van der Waals surface area contributed by atoms with Gasteiger partial charge < -0.3 is 14.6 Å². The summed E-state index contributed by atoms with van der Waals surface area (Å²) in [5, 5.41) is 20.4. The maximum atomic E-state index is 12.1. The monoisotopic (exact) mass is 310 g/mol. The predicted octanol–water partition coefficient (Wildman–Crippen LogP) is 3.97. The van der Waals surface area contributed by atoms with Crippen molar-refractivity contribution in [2.24, 2.45) is 0 Å². The van der Waals surface area contributed by atoms with Crippen LogP contribution in [0.25, 0.3) is 21.7 Å². The normalized spacial score (nSPS) is 11.3. The first-order valence-corrected chi connectivity index (χ1v) is 6.43. The van der Waals surface area contributed by atoms with Gasteiger partial charge in [0.25, 0.3) is 0 Å². The molecule has 3 aromatic rings. The summed E-state index contributed by atoms with van der Waals surface area (Å²) in [6.45, 7) is 1.73. The van der Waals surface area contributed by atoms with Crippen molar-refractivity contribution in [3.63, 3.8) is 0 Å². The molecule has 0 saturated heterocycles. The van der Waals surface area contributed by atoms with Crippen LogP contribution in [0.2, 0.25) is 10.0 Å². The van der Waals surface area contributed by atoms with Gasteiger partial charge in [-0.1, -0.05) is 23.2 Å². The number of fused-ring (bicyclic) bond motifs is 3. The summed E-state index contributed by atoms with van der Waals surface area (Å²) in [6.07, 6.45) is 0. The van der Waals surface area contributed by atoms with Crippen molar-refractivity contribution in [3.05, 3.63) is 44.2 Å². The quantitative estimate of drug-likeness (QED) is 0.487. The lowest BCUT2D eigenvalue weighted by atomic mass is 10.0. The van der Waals surface area contributed by atoms with E-state index >= 15 is 0 Å². The third kappa shape index (κ3) is 1.65. The Bertz CT molecular complexity index is 928. The number of aryl methyl sites for hydroxylation is 1. The Kier molecular flexibility index (Phi) is 2.81. The van der Waals surface area contributed by atoms with Crippen molar-refractivity contribution in [1.82, 2.24) is 0 Å². The summed E-state index contributed by atoms with van der Waals surface area (Å²) in [7, 11) is 0. The van der Waals surface area contributed by atoms with Crippen LogP contribution in [0.3, 0.4) is 0 Å². The molecule has 0 unspecified atom stereocenters. The number of phenols is 2. The summed E-state index contributed by atoms with van der Waals surface area (Å²) < 4.78 is 5.13. The second-order valence-corrected chi connectivity index (χ2v) is 5.20. The molecule has 2 N–H and O–H groups in total. The average molecular weight is 311 g/mol. The van der Waals surface area contributed by atoms with Gasteiger partial charge in [0, 0.05) is 10.8 Å². The van der Waals surface area contributed by atoms with Crippen LogP contribution in [0, 0.1) is 6.92 Å². The fourth-order valence-corrected chi connectivity index (χ4v) is 2.73. The SMILES string of the molecule is Cc1cc(O)c(Cl)c2c(=O)oc3c(Cl)c(O)ccc3c12. The number of phenolic OH excluding ortho intramolecular Hbond substituents is 2. The fourth-order valence-electron chi connectivity index (χ4n) is 2.30. The van der Waals surface area contributed by atoms with Crippen molar-refractivity contribution >= 4 is 44.9 Å². The van der Waals surface area contributed by atoms with Gasteiger partial charge in [-0.3, -0.25) is 0 Å². The van der Waals surface area contributed by atoms with Crippen molar-refractivity contribution < 1.29 is 14.6 Å².